The number of nitrogens with zero attached hydrogens (tertiary/aromatic N) is 4. The third-order valence-corrected chi connectivity index (χ3v) is 1.79. The Balaban J connectivity index is 2.64. The summed E-state index contributed by atoms with van der Waals surface area (Å²) in [6.07, 6.45) is 4.35. The Bertz CT molecular complexity index is 264. The number of amidine groups is 1. The van der Waals surface area contributed by atoms with E-state index in [9.17, 15) is 0 Å². The summed E-state index contributed by atoms with van der Waals surface area (Å²) >= 11 is 0. The molecule has 1 aliphatic carbocycles. The SMILES string of the molecule is CN=C(CC#N)N(C#N)C1CC1. The molecular formula is C8H10N4. The van der Waals surface area contributed by atoms with Crippen LogP contribution >= 0.6 is 0 Å². The number of hydrogen-bond donors (Lipinski definition) is 0. The second-order valence-corrected chi connectivity index (χ2v) is 2.68. The van der Waals surface area contributed by atoms with Crippen LogP contribution in [0.15, 0.2) is 4.99 Å². The molecule has 0 unspecified atom stereocenters. The Labute approximate surface area is 71.7 Å². The smallest absolute Gasteiger partial charge is 0.185 e. The van der Waals surface area contributed by atoms with Gasteiger partial charge in [-0.1, -0.05) is 0 Å². The normalized spacial score (nSPS) is 16.4. The molecule has 0 aromatic rings. The van der Waals surface area contributed by atoms with Crippen molar-refractivity contribution in [3.8, 4) is 12.3 Å². The van der Waals surface area contributed by atoms with Crippen molar-refractivity contribution in [3.05, 3.63) is 0 Å². The molecule has 0 saturated heterocycles. The van der Waals surface area contributed by atoms with Gasteiger partial charge in [-0.05, 0) is 12.8 Å². The molecule has 0 atom stereocenters. The van der Waals surface area contributed by atoms with Crippen LogP contribution in [-0.4, -0.2) is 23.8 Å². The monoisotopic (exact) mass is 162 g/mol. The Morgan fingerprint density at radius 1 is 1.58 bits per heavy atom. The minimum Gasteiger partial charge on any atom is -0.274 e. The van der Waals surface area contributed by atoms with Crippen LogP contribution in [0, 0.1) is 22.8 Å². The van der Waals surface area contributed by atoms with E-state index in [0.717, 1.165) is 12.8 Å². The quantitative estimate of drug-likeness (QED) is 0.262. The van der Waals surface area contributed by atoms with Gasteiger partial charge in [0.15, 0.2) is 6.19 Å². The van der Waals surface area contributed by atoms with Crippen molar-refractivity contribution in [1.82, 2.24) is 4.90 Å². The molecule has 12 heavy (non-hydrogen) atoms. The minimum absolute atomic E-state index is 0.223. The number of aliphatic imine (C=N–C) groups is 1. The maximum absolute atomic E-state index is 8.75. The summed E-state index contributed by atoms with van der Waals surface area (Å²) in [6.45, 7) is 0. The van der Waals surface area contributed by atoms with Crippen LogP contribution in [0.2, 0.25) is 0 Å². The van der Waals surface area contributed by atoms with Gasteiger partial charge >= 0.3 is 0 Å². The summed E-state index contributed by atoms with van der Waals surface area (Å²) in [7, 11) is 1.61. The summed E-state index contributed by atoms with van der Waals surface area (Å²) in [5.41, 5.74) is 0. The number of hydrogen-bond acceptors (Lipinski definition) is 3. The average molecular weight is 162 g/mol. The van der Waals surface area contributed by atoms with Crippen LogP contribution in [-0.2, 0) is 0 Å². The Kier molecular flexibility index (Phi) is 2.66. The van der Waals surface area contributed by atoms with Gasteiger partial charge < -0.3 is 0 Å². The second-order valence-electron chi connectivity index (χ2n) is 2.68. The fraction of sp³-hybridized carbons (Fsp3) is 0.625. The summed E-state index contributed by atoms with van der Waals surface area (Å²) < 4.78 is 0. The van der Waals surface area contributed by atoms with E-state index >= 15 is 0 Å². The molecule has 1 aliphatic rings. The topological polar surface area (TPSA) is 63.2 Å². The van der Waals surface area contributed by atoms with E-state index in [1.807, 2.05) is 6.07 Å². The highest BCUT2D eigenvalue weighted by atomic mass is 15.2. The van der Waals surface area contributed by atoms with Crippen molar-refractivity contribution >= 4 is 5.84 Å². The maximum atomic E-state index is 8.75. The molecule has 1 saturated carbocycles. The molecule has 0 amide bonds. The summed E-state index contributed by atoms with van der Waals surface area (Å²) in [5, 5.41) is 17.2. The van der Waals surface area contributed by atoms with E-state index in [0.29, 0.717) is 11.9 Å². The molecule has 1 fully saturated rings. The summed E-state index contributed by atoms with van der Waals surface area (Å²) in [5.74, 6) is 0.586. The fourth-order valence-corrected chi connectivity index (χ4v) is 1.03. The molecule has 0 aromatic carbocycles. The fourth-order valence-electron chi connectivity index (χ4n) is 1.03. The lowest BCUT2D eigenvalue weighted by atomic mass is 10.4. The molecular weight excluding hydrogens is 152 g/mol. The van der Waals surface area contributed by atoms with Crippen LogP contribution in [0.5, 0.6) is 0 Å². The number of rotatable bonds is 2. The predicted molar refractivity (Wildman–Crippen MR) is 44.1 cm³/mol. The van der Waals surface area contributed by atoms with Gasteiger partial charge in [-0.25, -0.2) is 0 Å². The lowest BCUT2D eigenvalue weighted by Gasteiger charge is -2.13. The van der Waals surface area contributed by atoms with E-state index in [1.54, 1.807) is 11.9 Å². The molecule has 0 spiro atoms. The van der Waals surface area contributed by atoms with Gasteiger partial charge in [-0.15, -0.1) is 0 Å². The standard InChI is InChI=1S/C8H10N4/c1-11-8(4-5-9)12(6-10)7-2-3-7/h7H,2-4H2,1H3. The van der Waals surface area contributed by atoms with Gasteiger partial charge in [0.05, 0.1) is 12.5 Å². The van der Waals surface area contributed by atoms with Crippen molar-refractivity contribution < 1.29 is 0 Å². The van der Waals surface area contributed by atoms with Crippen LogP contribution in [0.1, 0.15) is 19.3 Å². The van der Waals surface area contributed by atoms with Gasteiger partial charge in [0.25, 0.3) is 0 Å². The number of nitriles is 2. The Morgan fingerprint density at radius 2 is 2.25 bits per heavy atom. The van der Waals surface area contributed by atoms with Crippen molar-refractivity contribution in [2.24, 2.45) is 4.99 Å². The van der Waals surface area contributed by atoms with Crippen molar-refractivity contribution in [3.63, 3.8) is 0 Å². The summed E-state index contributed by atoms with van der Waals surface area (Å²) in [6, 6.07) is 2.30. The van der Waals surface area contributed by atoms with E-state index in [4.69, 9.17) is 10.5 Å². The van der Waals surface area contributed by atoms with E-state index in [-0.39, 0.29) is 6.42 Å². The zero-order valence-corrected chi connectivity index (χ0v) is 6.99. The molecule has 0 bridgehead atoms. The second kappa shape index (κ2) is 3.73. The van der Waals surface area contributed by atoms with E-state index in [2.05, 4.69) is 11.2 Å². The molecule has 0 N–H and O–H groups in total. The van der Waals surface area contributed by atoms with Gasteiger partial charge in [0.1, 0.15) is 5.84 Å². The van der Waals surface area contributed by atoms with Crippen LogP contribution < -0.4 is 0 Å². The van der Waals surface area contributed by atoms with Crippen molar-refractivity contribution in [2.45, 2.75) is 25.3 Å². The van der Waals surface area contributed by atoms with Gasteiger partial charge in [-0.2, -0.15) is 10.5 Å². The first-order valence-corrected chi connectivity index (χ1v) is 3.85. The molecule has 4 nitrogen and oxygen atoms in total. The van der Waals surface area contributed by atoms with Crippen molar-refractivity contribution in [1.29, 1.82) is 10.5 Å². The molecule has 4 heteroatoms. The predicted octanol–water partition coefficient (Wildman–Crippen LogP) is 0.874. The molecule has 0 aromatic heterocycles. The van der Waals surface area contributed by atoms with Crippen molar-refractivity contribution in [2.75, 3.05) is 7.05 Å². The first-order chi connectivity index (χ1) is 5.83. The van der Waals surface area contributed by atoms with Crippen LogP contribution in [0.3, 0.4) is 0 Å². The highest BCUT2D eigenvalue weighted by molar-refractivity contribution is 5.85. The third kappa shape index (κ3) is 1.73. The first kappa shape index (κ1) is 8.55. The van der Waals surface area contributed by atoms with Crippen LogP contribution in [0.25, 0.3) is 0 Å². The Hall–Kier alpha value is -1.55. The molecule has 62 valence electrons. The van der Waals surface area contributed by atoms with Gasteiger partial charge in [0.2, 0.25) is 0 Å². The zero-order valence-electron chi connectivity index (χ0n) is 6.99. The minimum atomic E-state index is 0.223. The van der Waals surface area contributed by atoms with E-state index < -0.39 is 0 Å². The maximum Gasteiger partial charge on any atom is 0.185 e. The van der Waals surface area contributed by atoms with Gasteiger partial charge in [0, 0.05) is 13.1 Å². The molecule has 0 radical (unpaired) electrons. The highest BCUT2D eigenvalue weighted by Gasteiger charge is 2.31. The lowest BCUT2D eigenvalue weighted by molar-refractivity contribution is 0.557. The third-order valence-electron chi connectivity index (χ3n) is 1.79. The van der Waals surface area contributed by atoms with Crippen LogP contribution in [0.4, 0.5) is 0 Å². The molecule has 1 rings (SSSR count). The largest absolute Gasteiger partial charge is 0.274 e. The van der Waals surface area contributed by atoms with Gasteiger partial charge in [-0.3, -0.25) is 9.89 Å². The molecule has 0 heterocycles. The average Bonchev–Trinajstić information content (AvgIpc) is 2.88. The van der Waals surface area contributed by atoms with E-state index in [1.165, 1.54) is 0 Å². The summed E-state index contributed by atoms with van der Waals surface area (Å²) in [4.78, 5) is 5.45. The first-order valence-electron chi connectivity index (χ1n) is 3.85. The Morgan fingerprint density at radius 3 is 2.58 bits per heavy atom. The molecule has 0 aliphatic heterocycles. The zero-order chi connectivity index (χ0) is 8.97. The highest BCUT2D eigenvalue weighted by Crippen LogP contribution is 2.26. The lowest BCUT2D eigenvalue weighted by Crippen LogP contribution is -2.27.